The molecule has 0 saturated carbocycles. The molecule has 92 valence electrons. The Morgan fingerprint density at radius 3 is 2.94 bits per heavy atom. The first-order valence-electron chi connectivity index (χ1n) is 5.07. The summed E-state index contributed by atoms with van der Waals surface area (Å²) in [4.78, 5) is 4.15. The van der Waals surface area contributed by atoms with Crippen molar-refractivity contribution < 1.29 is 4.74 Å². The van der Waals surface area contributed by atoms with Gasteiger partial charge in [0.1, 0.15) is 5.75 Å². The molecule has 16 heavy (non-hydrogen) atoms. The molecule has 1 aromatic rings. The average molecular weight is 242 g/mol. The van der Waals surface area contributed by atoms with E-state index >= 15 is 0 Å². The van der Waals surface area contributed by atoms with Crippen molar-refractivity contribution in [3.63, 3.8) is 0 Å². The molecule has 0 spiro atoms. The minimum atomic E-state index is 0. The van der Waals surface area contributed by atoms with Gasteiger partial charge in [-0.2, -0.15) is 13.5 Å². The van der Waals surface area contributed by atoms with E-state index in [0.29, 0.717) is 0 Å². The Hall–Kier alpha value is -0.740. The van der Waals surface area contributed by atoms with Gasteiger partial charge in [-0.1, -0.05) is 7.43 Å². The highest BCUT2D eigenvalue weighted by atomic mass is 32.1. The molecule has 1 fully saturated rings. The fraction of sp³-hybridized carbons (Fsp3) is 0.583. The van der Waals surface area contributed by atoms with E-state index in [2.05, 4.69) is 16.4 Å². The van der Waals surface area contributed by atoms with E-state index in [9.17, 15) is 0 Å². The molecular formula is C12H22N2OS. The normalized spacial score (nSPS) is 18.4. The number of nitrogens with one attached hydrogen (secondary N) is 1. The number of ether oxygens (including phenoxy) is 1. The Bertz CT molecular complexity index is 301. The van der Waals surface area contributed by atoms with Crippen LogP contribution >= 0.6 is 13.5 Å². The van der Waals surface area contributed by atoms with Crippen molar-refractivity contribution in [2.75, 3.05) is 20.2 Å². The van der Waals surface area contributed by atoms with Gasteiger partial charge >= 0.3 is 0 Å². The lowest BCUT2D eigenvalue weighted by molar-refractivity contribution is 0.411. The van der Waals surface area contributed by atoms with E-state index in [-0.39, 0.29) is 20.9 Å². The summed E-state index contributed by atoms with van der Waals surface area (Å²) < 4.78 is 5.14. The van der Waals surface area contributed by atoms with E-state index in [4.69, 9.17) is 4.74 Å². The molecule has 0 aliphatic carbocycles. The van der Waals surface area contributed by atoms with Gasteiger partial charge in [-0.25, -0.2) is 0 Å². The molecule has 2 heterocycles. The fourth-order valence-electron chi connectivity index (χ4n) is 1.91. The van der Waals surface area contributed by atoms with Gasteiger partial charge < -0.3 is 10.1 Å². The van der Waals surface area contributed by atoms with Crippen LogP contribution in [0.1, 0.15) is 19.4 Å². The van der Waals surface area contributed by atoms with Crippen LogP contribution < -0.4 is 10.1 Å². The first kappa shape index (κ1) is 15.3. The summed E-state index contributed by atoms with van der Waals surface area (Å²) in [5, 5.41) is 3.37. The maximum atomic E-state index is 5.14. The number of nitrogens with zero attached hydrogens (tertiary/aromatic N) is 1. The van der Waals surface area contributed by atoms with Crippen LogP contribution in [0.4, 0.5) is 0 Å². The predicted octanol–water partition coefficient (Wildman–Crippen LogP) is 1.99. The Labute approximate surface area is 105 Å². The van der Waals surface area contributed by atoms with Crippen LogP contribution in [0.2, 0.25) is 0 Å². The van der Waals surface area contributed by atoms with E-state index in [1.165, 1.54) is 12.0 Å². The molecule has 0 bridgehead atoms. The van der Waals surface area contributed by atoms with Gasteiger partial charge in [0.15, 0.2) is 0 Å². The Balaban J connectivity index is 0.00000112. The predicted molar refractivity (Wildman–Crippen MR) is 72.6 cm³/mol. The molecule has 0 aromatic carbocycles. The second-order valence-corrected chi connectivity index (χ2v) is 3.80. The van der Waals surface area contributed by atoms with Gasteiger partial charge in [-0.15, -0.1) is 0 Å². The van der Waals surface area contributed by atoms with E-state index < -0.39 is 0 Å². The molecule has 2 rings (SSSR count). The molecular weight excluding hydrogens is 220 g/mol. The van der Waals surface area contributed by atoms with E-state index in [1.807, 2.05) is 6.20 Å². The molecule has 1 aromatic heterocycles. The first-order valence-corrected chi connectivity index (χ1v) is 5.07. The fourth-order valence-corrected chi connectivity index (χ4v) is 1.91. The summed E-state index contributed by atoms with van der Waals surface area (Å²) in [7, 11) is 1.68. The van der Waals surface area contributed by atoms with Crippen LogP contribution in [-0.4, -0.2) is 25.2 Å². The largest absolute Gasteiger partial charge is 0.495 e. The van der Waals surface area contributed by atoms with Gasteiger partial charge in [0.25, 0.3) is 0 Å². The molecule has 0 radical (unpaired) electrons. The van der Waals surface area contributed by atoms with Gasteiger partial charge in [-0.3, -0.25) is 4.98 Å². The maximum absolute atomic E-state index is 5.14. The average Bonchev–Trinajstić information content (AvgIpc) is 2.71. The third-order valence-corrected chi connectivity index (χ3v) is 2.69. The summed E-state index contributed by atoms with van der Waals surface area (Å²) in [5.41, 5.74) is 1.28. The van der Waals surface area contributed by atoms with Gasteiger partial charge in [0, 0.05) is 6.20 Å². The first-order chi connectivity index (χ1) is 6.88. The van der Waals surface area contributed by atoms with Crippen LogP contribution in [0.3, 0.4) is 0 Å². The minimum Gasteiger partial charge on any atom is -0.495 e. The molecule has 0 unspecified atom stereocenters. The highest BCUT2D eigenvalue weighted by Crippen LogP contribution is 2.17. The van der Waals surface area contributed by atoms with Crippen LogP contribution in [0.15, 0.2) is 18.5 Å². The van der Waals surface area contributed by atoms with Crippen LogP contribution in [-0.2, 0) is 6.42 Å². The highest BCUT2D eigenvalue weighted by Gasteiger charge is 2.14. The second kappa shape index (κ2) is 7.52. The van der Waals surface area contributed by atoms with Crippen LogP contribution in [0.5, 0.6) is 5.75 Å². The third kappa shape index (κ3) is 4.02. The Morgan fingerprint density at radius 2 is 2.31 bits per heavy atom. The molecule has 4 heteroatoms. The number of aromatic nitrogens is 1. The zero-order valence-electron chi connectivity index (χ0n) is 8.99. The van der Waals surface area contributed by atoms with Gasteiger partial charge in [-0.05, 0) is 43.5 Å². The molecule has 1 aliphatic heterocycles. The van der Waals surface area contributed by atoms with Crippen molar-refractivity contribution in [3.8, 4) is 5.75 Å². The zero-order chi connectivity index (χ0) is 9.80. The topological polar surface area (TPSA) is 34.1 Å². The molecule has 1 N–H and O–H groups in total. The number of methoxy groups -OCH3 is 1. The summed E-state index contributed by atoms with van der Waals surface area (Å²) in [6.07, 6.45) is 6.06. The van der Waals surface area contributed by atoms with Crippen LogP contribution in [0, 0.1) is 5.92 Å². The van der Waals surface area contributed by atoms with Crippen LogP contribution in [0.25, 0.3) is 0 Å². The van der Waals surface area contributed by atoms with Crippen molar-refractivity contribution in [1.29, 1.82) is 0 Å². The number of hydrogen-bond acceptors (Lipinski definition) is 3. The lowest BCUT2D eigenvalue weighted by Crippen LogP contribution is -2.10. The number of pyridine rings is 1. The molecule has 1 aliphatic rings. The van der Waals surface area contributed by atoms with E-state index in [0.717, 1.165) is 31.2 Å². The molecule has 1 atom stereocenters. The van der Waals surface area contributed by atoms with Gasteiger partial charge in [0.2, 0.25) is 0 Å². The zero-order valence-corrected chi connectivity index (χ0v) is 9.99. The van der Waals surface area contributed by atoms with Crippen molar-refractivity contribution >= 4 is 13.5 Å². The molecule has 3 nitrogen and oxygen atoms in total. The number of hydrogen-bond donors (Lipinski definition) is 1. The highest BCUT2D eigenvalue weighted by molar-refractivity contribution is 7.59. The summed E-state index contributed by atoms with van der Waals surface area (Å²) in [5.74, 6) is 1.62. The molecule has 0 amide bonds. The quantitative estimate of drug-likeness (QED) is 0.880. The van der Waals surface area contributed by atoms with E-state index in [1.54, 1.807) is 13.3 Å². The summed E-state index contributed by atoms with van der Waals surface area (Å²) in [6, 6.07) is 2.07. The van der Waals surface area contributed by atoms with Crippen molar-refractivity contribution in [3.05, 3.63) is 24.0 Å². The number of rotatable bonds is 3. The SMILES string of the molecule is C.COc1cncc(C[C@H]2CCNC2)c1.S. The lowest BCUT2D eigenvalue weighted by atomic mass is 10.00. The van der Waals surface area contributed by atoms with Crippen molar-refractivity contribution in [1.82, 2.24) is 10.3 Å². The lowest BCUT2D eigenvalue weighted by Gasteiger charge is -2.08. The maximum Gasteiger partial charge on any atom is 0.137 e. The monoisotopic (exact) mass is 242 g/mol. The molecule has 1 saturated heterocycles. The second-order valence-electron chi connectivity index (χ2n) is 3.80. The smallest absolute Gasteiger partial charge is 0.137 e. The van der Waals surface area contributed by atoms with Gasteiger partial charge in [0.05, 0.1) is 13.3 Å². The standard InChI is InChI=1S/C11H16N2O.CH4.H2S/c1-14-11-5-10(7-13-8-11)4-9-2-3-12-6-9;;/h5,7-9,12H,2-4,6H2,1H3;1H4;1H2/t9-;;/m1../s1. The minimum absolute atomic E-state index is 0. The van der Waals surface area contributed by atoms with Crippen molar-refractivity contribution in [2.24, 2.45) is 5.92 Å². The Kier molecular flexibility index (Phi) is 7.17. The summed E-state index contributed by atoms with van der Waals surface area (Å²) >= 11 is 0. The summed E-state index contributed by atoms with van der Waals surface area (Å²) in [6.45, 7) is 2.29. The van der Waals surface area contributed by atoms with Crippen molar-refractivity contribution in [2.45, 2.75) is 20.3 Å². The third-order valence-electron chi connectivity index (χ3n) is 2.69. The Morgan fingerprint density at radius 1 is 1.50 bits per heavy atom.